The van der Waals surface area contributed by atoms with Gasteiger partial charge in [-0.3, -0.25) is 0 Å². The first-order valence-electron chi connectivity index (χ1n) is 4.10. The molecule has 1 aliphatic heterocycles. The van der Waals surface area contributed by atoms with Crippen LogP contribution in [0.3, 0.4) is 0 Å². The Kier molecular flexibility index (Phi) is 1.88. The molecule has 0 bridgehead atoms. The summed E-state index contributed by atoms with van der Waals surface area (Å²) in [5.41, 5.74) is 0. The van der Waals surface area contributed by atoms with Crippen molar-refractivity contribution in [3.8, 4) is 0 Å². The predicted octanol–water partition coefficient (Wildman–Crippen LogP) is 2.04. The van der Waals surface area contributed by atoms with Crippen LogP contribution < -0.4 is 0 Å². The summed E-state index contributed by atoms with van der Waals surface area (Å²) in [5, 5.41) is 0.404. The molecule has 3 unspecified atom stereocenters. The highest BCUT2D eigenvalue weighted by Gasteiger charge is 2.36. The second kappa shape index (κ2) is 2.71. The first-order valence-corrected chi connectivity index (χ1v) is 4.53. The van der Waals surface area contributed by atoms with E-state index in [2.05, 4.69) is 0 Å². The molecule has 0 aromatic heterocycles. The maximum atomic E-state index is 6.14. The fourth-order valence-corrected chi connectivity index (χ4v) is 2.53. The highest BCUT2D eigenvalue weighted by molar-refractivity contribution is 6.20. The van der Waals surface area contributed by atoms with Crippen molar-refractivity contribution in [3.63, 3.8) is 0 Å². The molecule has 0 aromatic carbocycles. The number of alkyl halides is 1. The second-order valence-corrected chi connectivity index (χ2v) is 3.97. The molecule has 0 N–H and O–H groups in total. The largest absolute Gasteiger partial charge is 0.381 e. The average molecular weight is 161 g/mol. The van der Waals surface area contributed by atoms with Gasteiger partial charge in [0.15, 0.2) is 0 Å². The molecule has 0 amide bonds. The molecule has 1 heterocycles. The van der Waals surface area contributed by atoms with Gasteiger partial charge in [-0.25, -0.2) is 0 Å². The molecule has 1 aliphatic carbocycles. The van der Waals surface area contributed by atoms with Crippen LogP contribution in [0.15, 0.2) is 0 Å². The Bertz CT molecular complexity index is 126. The zero-order valence-electron chi connectivity index (χ0n) is 6.05. The fourth-order valence-electron chi connectivity index (χ4n) is 2.10. The Morgan fingerprint density at radius 2 is 2.10 bits per heavy atom. The van der Waals surface area contributed by atoms with Crippen molar-refractivity contribution in [1.82, 2.24) is 0 Å². The van der Waals surface area contributed by atoms with Gasteiger partial charge in [0.2, 0.25) is 0 Å². The van der Waals surface area contributed by atoms with E-state index in [9.17, 15) is 0 Å². The fraction of sp³-hybridized carbons (Fsp3) is 1.00. The molecule has 10 heavy (non-hydrogen) atoms. The number of halogens is 1. The summed E-state index contributed by atoms with van der Waals surface area (Å²) in [4.78, 5) is 0. The van der Waals surface area contributed by atoms with Crippen LogP contribution in [-0.4, -0.2) is 18.6 Å². The van der Waals surface area contributed by atoms with Crippen molar-refractivity contribution in [1.29, 1.82) is 0 Å². The maximum Gasteiger partial charge on any atom is 0.0512 e. The normalized spacial score (nSPS) is 47.1. The van der Waals surface area contributed by atoms with E-state index in [4.69, 9.17) is 16.3 Å². The molecule has 1 saturated carbocycles. The highest BCUT2D eigenvalue weighted by Crippen LogP contribution is 2.37. The van der Waals surface area contributed by atoms with E-state index in [0.717, 1.165) is 19.1 Å². The molecule has 1 nitrogen and oxygen atoms in total. The van der Waals surface area contributed by atoms with Gasteiger partial charge >= 0.3 is 0 Å². The van der Waals surface area contributed by atoms with Crippen molar-refractivity contribution in [2.45, 2.75) is 24.6 Å². The summed E-state index contributed by atoms with van der Waals surface area (Å²) >= 11 is 6.14. The minimum atomic E-state index is 0.404. The van der Waals surface area contributed by atoms with Crippen molar-refractivity contribution in [3.05, 3.63) is 0 Å². The summed E-state index contributed by atoms with van der Waals surface area (Å²) in [7, 11) is 0. The van der Waals surface area contributed by atoms with E-state index in [1.54, 1.807) is 0 Å². The minimum Gasteiger partial charge on any atom is -0.381 e. The monoisotopic (exact) mass is 160 g/mol. The van der Waals surface area contributed by atoms with E-state index < -0.39 is 0 Å². The number of hydrogen-bond donors (Lipinski definition) is 0. The quantitative estimate of drug-likeness (QED) is 0.493. The summed E-state index contributed by atoms with van der Waals surface area (Å²) in [6, 6.07) is 0. The molecule has 2 heteroatoms. The zero-order valence-corrected chi connectivity index (χ0v) is 6.81. The standard InChI is InChI=1S/C8H13ClO/c9-8-3-1-2-6-4-10-5-7(6)8/h6-8H,1-5H2. The van der Waals surface area contributed by atoms with Crippen molar-refractivity contribution >= 4 is 11.6 Å². The number of ether oxygens (including phenoxy) is 1. The van der Waals surface area contributed by atoms with Crippen molar-refractivity contribution in [2.24, 2.45) is 11.8 Å². The van der Waals surface area contributed by atoms with Crippen molar-refractivity contribution < 1.29 is 4.74 Å². The Labute approximate surface area is 66.7 Å². The highest BCUT2D eigenvalue weighted by atomic mass is 35.5. The topological polar surface area (TPSA) is 9.23 Å². The van der Waals surface area contributed by atoms with E-state index in [1.165, 1.54) is 19.3 Å². The van der Waals surface area contributed by atoms with Gasteiger partial charge in [0, 0.05) is 17.9 Å². The molecule has 2 rings (SSSR count). The van der Waals surface area contributed by atoms with Crippen LogP contribution in [0.1, 0.15) is 19.3 Å². The lowest BCUT2D eigenvalue weighted by Gasteiger charge is -2.27. The Morgan fingerprint density at radius 1 is 1.20 bits per heavy atom. The average Bonchev–Trinajstić information content (AvgIpc) is 2.36. The first kappa shape index (κ1) is 6.93. The summed E-state index contributed by atoms with van der Waals surface area (Å²) < 4.78 is 5.38. The molecule has 2 aliphatic rings. The lowest BCUT2D eigenvalue weighted by Crippen LogP contribution is -2.27. The van der Waals surface area contributed by atoms with Crippen molar-refractivity contribution in [2.75, 3.05) is 13.2 Å². The van der Waals surface area contributed by atoms with Gasteiger partial charge in [-0.05, 0) is 18.8 Å². The lowest BCUT2D eigenvalue weighted by molar-refractivity contribution is 0.181. The first-order chi connectivity index (χ1) is 4.88. The molecular weight excluding hydrogens is 148 g/mol. The van der Waals surface area contributed by atoms with E-state index in [-0.39, 0.29) is 0 Å². The molecule has 2 fully saturated rings. The Balaban J connectivity index is 2.03. The Hall–Kier alpha value is 0.250. The molecule has 3 atom stereocenters. The van der Waals surface area contributed by atoms with E-state index >= 15 is 0 Å². The third-order valence-corrected chi connectivity index (χ3v) is 3.31. The molecule has 58 valence electrons. The van der Waals surface area contributed by atoms with Crippen LogP contribution in [0.25, 0.3) is 0 Å². The molecule has 0 aromatic rings. The third kappa shape index (κ3) is 1.06. The molecule has 0 spiro atoms. The molecule has 0 radical (unpaired) electrons. The summed E-state index contributed by atoms with van der Waals surface area (Å²) in [6.07, 6.45) is 3.85. The van der Waals surface area contributed by atoms with Gasteiger partial charge < -0.3 is 4.74 Å². The smallest absolute Gasteiger partial charge is 0.0512 e. The maximum absolute atomic E-state index is 6.14. The van der Waals surface area contributed by atoms with Gasteiger partial charge in [-0.1, -0.05) is 6.42 Å². The van der Waals surface area contributed by atoms with Crippen LogP contribution in [0.4, 0.5) is 0 Å². The van der Waals surface area contributed by atoms with E-state index in [1.807, 2.05) is 0 Å². The van der Waals surface area contributed by atoms with E-state index in [0.29, 0.717) is 11.3 Å². The SMILES string of the molecule is ClC1CCCC2COCC12. The Morgan fingerprint density at radius 3 is 2.90 bits per heavy atom. The number of fused-ring (bicyclic) bond motifs is 1. The van der Waals surface area contributed by atoms with Gasteiger partial charge in [0.05, 0.1) is 6.61 Å². The van der Waals surface area contributed by atoms with Gasteiger partial charge in [-0.15, -0.1) is 11.6 Å². The lowest BCUT2D eigenvalue weighted by atomic mass is 9.81. The summed E-state index contributed by atoms with van der Waals surface area (Å²) in [5.74, 6) is 1.46. The number of hydrogen-bond acceptors (Lipinski definition) is 1. The summed E-state index contributed by atoms with van der Waals surface area (Å²) in [6.45, 7) is 1.88. The zero-order chi connectivity index (χ0) is 6.97. The van der Waals surface area contributed by atoms with Crippen LogP contribution in [0, 0.1) is 11.8 Å². The van der Waals surface area contributed by atoms with Gasteiger partial charge in [-0.2, -0.15) is 0 Å². The van der Waals surface area contributed by atoms with Gasteiger partial charge in [0.25, 0.3) is 0 Å². The number of rotatable bonds is 0. The molecular formula is C8H13ClO. The van der Waals surface area contributed by atoms with Crippen LogP contribution >= 0.6 is 11.6 Å². The second-order valence-electron chi connectivity index (χ2n) is 3.41. The predicted molar refractivity (Wildman–Crippen MR) is 41.3 cm³/mol. The van der Waals surface area contributed by atoms with Crippen LogP contribution in [0.5, 0.6) is 0 Å². The minimum absolute atomic E-state index is 0.404. The van der Waals surface area contributed by atoms with Crippen LogP contribution in [0.2, 0.25) is 0 Å². The third-order valence-electron chi connectivity index (χ3n) is 2.77. The molecule has 1 saturated heterocycles. The van der Waals surface area contributed by atoms with Crippen LogP contribution in [-0.2, 0) is 4.74 Å². The van der Waals surface area contributed by atoms with Gasteiger partial charge in [0.1, 0.15) is 0 Å².